The van der Waals surface area contributed by atoms with Gasteiger partial charge in [0.1, 0.15) is 11.8 Å². The van der Waals surface area contributed by atoms with Crippen LogP contribution in [-0.2, 0) is 4.79 Å². The van der Waals surface area contributed by atoms with Crippen LogP contribution >= 0.6 is 0 Å². The molecule has 0 saturated heterocycles. The highest BCUT2D eigenvalue weighted by Gasteiger charge is 2.22. The molecule has 0 fully saturated rings. The minimum absolute atomic E-state index is 0.0482. The Morgan fingerprint density at radius 1 is 1.45 bits per heavy atom. The summed E-state index contributed by atoms with van der Waals surface area (Å²) in [6, 6.07) is 4.94. The summed E-state index contributed by atoms with van der Waals surface area (Å²) in [6.45, 7) is 5.26. The average Bonchev–Trinajstić information content (AvgIpc) is 2.37. The predicted molar refractivity (Wildman–Crippen MR) is 72.0 cm³/mol. The molecule has 1 heterocycles. The number of nitrogens with zero attached hydrogens (tertiary/aromatic N) is 2. The summed E-state index contributed by atoms with van der Waals surface area (Å²) >= 11 is 0. The third-order valence-corrected chi connectivity index (χ3v) is 3.04. The minimum atomic E-state index is -0.940. The zero-order valence-electron chi connectivity index (χ0n) is 11.7. The van der Waals surface area contributed by atoms with E-state index in [-0.39, 0.29) is 18.2 Å². The van der Waals surface area contributed by atoms with E-state index in [1.807, 2.05) is 6.07 Å². The van der Waals surface area contributed by atoms with Crippen molar-refractivity contribution < 1.29 is 14.7 Å². The Hall–Kier alpha value is -2.42. The number of carbonyl (C=O) groups is 2. The maximum absolute atomic E-state index is 11.9. The fraction of sp³-hybridized carbons (Fsp3) is 0.429. The normalized spacial score (nSPS) is 11.8. The maximum atomic E-state index is 11.9. The Bertz CT molecular complexity index is 561. The molecule has 0 aliphatic rings. The van der Waals surface area contributed by atoms with E-state index in [2.05, 4.69) is 10.3 Å². The molecule has 0 saturated carbocycles. The van der Waals surface area contributed by atoms with Gasteiger partial charge in [0.2, 0.25) is 0 Å². The van der Waals surface area contributed by atoms with Crippen LogP contribution in [0, 0.1) is 30.1 Å². The highest BCUT2D eigenvalue weighted by atomic mass is 16.4. The van der Waals surface area contributed by atoms with Gasteiger partial charge in [-0.15, -0.1) is 0 Å². The van der Waals surface area contributed by atoms with Gasteiger partial charge in [-0.05, 0) is 25.0 Å². The molecule has 0 spiro atoms. The van der Waals surface area contributed by atoms with Crippen molar-refractivity contribution in [1.29, 1.82) is 5.26 Å². The van der Waals surface area contributed by atoms with Crippen LogP contribution in [-0.4, -0.2) is 28.5 Å². The van der Waals surface area contributed by atoms with Crippen molar-refractivity contribution in [2.24, 2.45) is 11.8 Å². The first-order valence-electron chi connectivity index (χ1n) is 6.25. The van der Waals surface area contributed by atoms with Gasteiger partial charge in [-0.1, -0.05) is 13.8 Å². The van der Waals surface area contributed by atoms with Gasteiger partial charge < -0.3 is 10.4 Å². The monoisotopic (exact) mass is 275 g/mol. The Morgan fingerprint density at radius 3 is 2.55 bits per heavy atom. The SMILES string of the molecule is Cc1nc(C(=O)NCC(C(=O)O)C(C)C)ccc1C#N. The summed E-state index contributed by atoms with van der Waals surface area (Å²) < 4.78 is 0. The van der Waals surface area contributed by atoms with E-state index in [1.54, 1.807) is 20.8 Å². The Labute approximate surface area is 117 Å². The Morgan fingerprint density at radius 2 is 2.10 bits per heavy atom. The standard InChI is InChI=1S/C14H17N3O3/c1-8(2)11(14(19)20)7-16-13(18)12-5-4-10(6-15)9(3)17-12/h4-5,8,11H,7H2,1-3H3,(H,16,18)(H,19,20). The summed E-state index contributed by atoms with van der Waals surface area (Å²) in [7, 11) is 0. The fourth-order valence-corrected chi connectivity index (χ4v) is 1.71. The molecule has 6 nitrogen and oxygen atoms in total. The van der Waals surface area contributed by atoms with E-state index in [1.165, 1.54) is 12.1 Å². The number of aryl methyl sites for hydroxylation is 1. The minimum Gasteiger partial charge on any atom is -0.481 e. The van der Waals surface area contributed by atoms with E-state index in [0.29, 0.717) is 11.3 Å². The van der Waals surface area contributed by atoms with E-state index in [9.17, 15) is 9.59 Å². The molecule has 20 heavy (non-hydrogen) atoms. The van der Waals surface area contributed by atoms with E-state index in [0.717, 1.165) is 0 Å². The van der Waals surface area contributed by atoms with Gasteiger partial charge in [0.15, 0.2) is 0 Å². The van der Waals surface area contributed by atoms with Crippen LogP contribution in [0.5, 0.6) is 0 Å². The zero-order valence-corrected chi connectivity index (χ0v) is 11.7. The number of hydrogen-bond donors (Lipinski definition) is 2. The third-order valence-electron chi connectivity index (χ3n) is 3.04. The van der Waals surface area contributed by atoms with Crippen LogP contribution in [0.3, 0.4) is 0 Å². The van der Waals surface area contributed by atoms with Crippen molar-refractivity contribution in [3.8, 4) is 6.07 Å². The quantitative estimate of drug-likeness (QED) is 0.844. The first-order valence-corrected chi connectivity index (χ1v) is 6.25. The van der Waals surface area contributed by atoms with Crippen LogP contribution < -0.4 is 5.32 Å². The number of carbonyl (C=O) groups excluding carboxylic acids is 1. The molecule has 6 heteroatoms. The van der Waals surface area contributed by atoms with Crippen molar-refractivity contribution >= 4 is 11.9 Å². The average molecular weight is 275 g/mol. The first-order chi connectivity index (χ1) is 9.36. The number of rotatable bonds is 5. The Kier molecular flexibility index (Phi) is 5.21. The zero-order chi connectivity index (χ0) is 15.3. The van der Waals surface area contributed by atoms with Crippen LogP contribution in [0.4, 0.5) is 0 Å². The van der Waals surface area contributed by atoms with Gasteiger partial charge in [0, 0.05) is 6.54 Å². The maximum Gasteiger partial charge on any atom is 0.308 e. The van der Waals surface area contributed by atoms with Crippen molar-refractivity contribution in [2.45, 2.75) is 20.8 Å². The number of aromatic nitrogens is 1. The van der Waals surface area contributed by atoms with Gasteiger partial charge in [-0.3, -0.25) is 9.59 Å². The number of carboxylic acid groups (broad SMARTS) is 1. The summed E-state index contributed by atoms with van der Waals surface area (Å²) in [5.74, 6) is -2.10. The molecule has 0 aliphatic carbocycles. The van der Waals surface area contributed by atoms with Crippen LogP contribution in [0.25, 0.3) is 0 Å². The summed E-state index contributed by atoms with van der Waals surface area (Å²) in [5.41, 5.74) is 1.06. The molecule has 1 atom stereocenters. The number of hydrogen-bond acceptors (Lipinski definition) is 4. The molecular weight excluding hydrogens is 258 g/mol. The third kappa shape index (κ3) is 3.79. The summed E-state index contributed by atoms with van der Waals surface area (Å²) in [6.07, 6.45) is 0. The molecule has 1 aromatic rings. The van der Waals surface area contributed by atoms with Gasteiger partial charge in [0.05, 0.1) is 17.2 Å². The number of carboxylic acids is 1. The number of nitrogens with one attached hydrogen (secondary N) is 1. The fourth-order valence-electron chi connectivity index (χ4n) is 1.71. The highest BCUT2D eigenvalue weighted by molar-refractivity contribution is 5.92. The van der Waals surface area contributed by atoms with E-state index >= 15 is 0 Å². The summed E-state index contributed by atoms with van der Waals surface area (Å²) in [4.78, 5) is 27.0. The smallest absolute Gasteiger partial charge is 0.308 e. The second-order valence-corrected chi connectivity index (χ2v) is 4.84. The van der Waals surface area contributed by atoms with Crippen molar-refractivity contribution in [3.63, 3.8) is 0 Å². The molecule has 0 radical (unpaired) electrons. The molecule has 1 aromatic heterocycles. The second kappa shape index (κ2) is 6.66. The van der Waals surface area contributed by atoms with Crippen LogP contribution in [0.15, 0.2) is 12.1 Å². The number of amides is 1. The lowest BCUT2D eigenvalue weighted by Crippen LogP contribution is -2.35. The number of nitriles is 1. The first kappa shape index (κ1) is 15.6. The lowest BCUT2D eigenvalue weighted by molar-refractivity contribution is -0.142. The number of aliphatic carboxylic acids is 1. The molecule has 0 bridgehead atoms. The predicted octanol–water partition coefficient (Wildman–Crippen LogP) is 1.35. The van der Waals surface area contributed by atoms with Crippen LogP contribution in [0.1, 0.15) is 35.6 Å². The van der Waals surface area contributed by atoms with Crippen molar-refractivity contribution in [2.75, 3.05) is 6.54 Å². The highest BCUT2D eigenvalue weighted by Crippen LogP contribution is 2.10. The summed E-state index contributed by atoms with van der Waals surface area (Å²) in [5, 5.41) is 20.4. The van der Waals surface area contributed by atoms with Crippen molar-refractivity contribution in [1.82, 2.24) is 10.3 Å². The molecule has 1 rings (SSSR count). The lowest BCUT2D eigenvalue weighted by Gasteiger charge is -2.16. The van der Waals surface area contributed by atoms with Gasteiger partial charge >= 0.3 is 5.97 Å². The van der Waals surface area contributed by atoms with Crippen LogP contribution in [0.2, 0.25) is 0 Å². The molecule has 1 amide bonds. The van der Waals surface area contributed by atoms with Gasteiger partial charge in [-0.25, -0.2) is 4.98 Å². The second-order valence-electron chi connectivity index (χ2n) is 4.84. The largest absolute Gasteiger partial charge is 0.481 e. The molecular formula is C14H17N3O3. The van der Waals surface area contributed by atoms with E-state index < -0.39 is 17.8 Å². The number of pyridine rings is 1. The van der Waals surface area contributed by atoms with Gasteiger partial charge in [-0.2, -0.15) is 5.26 Å². The van der Waals surface area contributed by atoms with Crippen molar-refractivity contribution in [3.05, 3.63) is 29.1 Å². The molecule has 2 N–H and O–H groups in total. The lowest BCUT2D eigenvalue weighted by atomic mass is 9.96. The molecule has 106 valence electrons. The molecule has 1 unspecified atom stereocenters. The van der Waals surface area contributed by atoms with Gasteiger partial charge in [0.25, 0.3) is 5.91 Å². The topological polar surface area (TPSA) is 103 Å². The molecule has 0 aliphatic heterocycles. The molecule has 0 aromatic carbocycles. The Balaban J connectivity index is 2.75. The van der Waals surface area contributed by atoms with E-state index in [4.69, 9.17) is 10.4 Å².